The SMILES string of the molecule is CC(C)[C@H](C#N)O[C@@H]1O[C@H](CO)[C@@H](O)[C@H](O)[C@H]1O. The van der Waals surface area contributed by atoms with E-state index >= 15 is 0 Å². The molecular formula is C11H19NO6. The number of aliphatic hydroxyl groups excluding tert-OH is 4. The second-order valence-corrected chi connectivity index (χ2v) is 4.63. The lowest BCUT2D eigenvalue weighted by Gasteiger charge is -2.40. The van der Waals surface area contributed by atoms with Gasteiger partial charge in [-0.1, -0.05) is 13.8 Å². The Morgan fingerprint density at radius 3 is 2.28 bits per heavy atom. The summed E-state index contributed by atoms with van der Waals surface area (Å²) in [6, 6.07) is 1.91. The fourth-order valence-corrected chi connectivity index (χ4v) is 1.66. The lowest BCUT2D eigenvalue weighted by molar-refractivity contribution is -0.309. The smallest absolute Gasteiger partial charge is 0.188 e. The highest BCUT2D eigenvalue weighted by molar-refractivity contribution is 4.92. The van der Waals surface area contributed by atoms with Crippen LogP contribution in [-0.4, -0.2) is 63.8 Å². The molecular weight excluding hydrogens is 242 g/mol. The van der Waals surface area contributed by atoms with Gasteiger partial charge in [-0.2, -0.15) is 5.26 Å². The largest absolute Gasteiger partial charge is 0.394 e. The van der Waals surface area contributed by atoms with Crippen LogP contribution in [0.15, 0.2) is 0 Å². The molecule has 0 aromatic heterocycles. The molecule has 6 atom stereocenters. The lowest BCUT2D eigenvalue weighted by Crippen LogP contribution is -2.59. The van der Waals surface area contributed by atoms with Gasteiger partial charge in [-0.3, -0.25) is 0 Å². The van der Waals surface area contributed by atoms with Crippen molar-refractivity contribution in [3.8, 4) is 6.07 Å². The molecule has 1 aliphatic rings. The van der Waals surface area contributed by atoms with E-state index in [-0.39, 0.29) is 5.92 Å². The Morgan fingerprint density at radius 2 is 1.83 bits per heavy atom. The second-order valence-electron chi connectivity index (χ2n) is 4.63. The summed E-state index contributed by atoms with van der Waals surface area (Å²) in [6.45, 7) is 3.00. The van der Waals surface area contributed by atoms with Gasteiger partial charge >= 0.3 is 0 Å². The predicted molar refractivity (Wildman–Crippen MR) is 59.1 cm³/mol. The summed E-state index contributed by atoms with van der Waals surface area (Å²) in [5, 5.41) is 46.7. The Morgan fingerprint density at radius 1 is 1.22 bits per heavy atom. The van der Waals surface area contributed by atoms with Crippen molar-refractivity contribution >= 4 is 0 Å². The van der Waals surface area contributed by atoms with Gasteiger partial charge in [-0.05, 0) is 5.92 Å². The third kappa shape index (κ3) is 3.17. The van der Waals surface area contributed by atoms with Crippen LogP contribution in [0.1, 0.15) is 13.8 Å². The van der Waals surface area contributed by atoms with Gasteiger partial charge in [-0.25, -0.2) is 0 Å². The molecule has 0 spiro atoms. The zero-order valence-electron chi connectivity index (χ0n) is 10.3. The van der Waals surface area contributed by atoms with Crippen LogP contribution < -0.4 is 0 Å². The van der Waals surface area contributed by atoms with Crippen LogP contribution in [0.25, 0.3) is 0 Å². The van der Waals surface area contributed by atoms with E-state index in [1.807, 2.05) is 6.07 Å². The summed E-state index contributed by atoms with van der Waals surface area (Å²) < 4.78 is 10.4. The molecule has 7 nitrogen and oxygen atoms in total. The first-order valence-electron chi connectivity index (χ1n) is 5.78. The van der Waals surface area contributed by atoms with Crippen LogP contribution in [0, 0.1) is 17.2 Å². The number of aliphatic hydroxyl groups is 4. The van der Waals surface area contributed by atoms with Crippen LogP contribution >= 0.6 is 0 Å². The van der Waals surface area contributed by atoms with Gasteiger partial charge in [0.2, 0.25) is 0 Å². The van der Waals surface area contributed by atoms with Crippen LogP contribution in [0.3, 0.4) is 0 Å². The summed E-state index contributed by atoms with van der Waals surface area (Å²) in [6.07, 6.45) is -7.49. The second kappa shape index (κ2) is 6.43. The molecule has 7 heteroatoms. The molecule has 0 radical (unpaired) electrons. The van der Waals surface area contributed by atoms with E-state index in [9.17, 15) is 15.3 Å². The number of ether oxygens (including phenoxy) is 2. The van der Waals surface area contributed by atoms with Gasteiger partial charge in [0.1, 0.15) is 30.5 Å². The predicted octanol–water partition coefficient (Wildman–Crippen LogP) is -1.65. The number of nitriles is 1. The molecule has 18 heavy (non-hydrogen) atoms. The standard InChI is InChI=1S/C11H19NO6/c1-5(2)6(3-12)17-11-10(16)9(15)8(14)7(4-13)18-11/h5-11,13-16H,4H2,1-2H3/t6-,7+,8+,9-,10+,11+/m0/s1. The maximum absolute atomic E-state index is 9.70. The van der Waals surface area contributed by atoms with Crippen molar-refractivity contribution in [2.24, 2.45) is 5.92 Å². The molecule has 0 bridgehead atoms. The van der Waals surface area contributed by atoms with E-state index in [1.54, 1.807) is 13.8 Å². The average molecular weight is 261 g/mol. The third-order valence-electron chi connectivity index (χ3n) is 2.86. The van der Waals surface area contributed by atoms with E-state index in [0.717, 1.165) is 0 Å². The zero-order valence-corrected chi connectivity index (χ0v) is 10.3. The van der Waals surface area contributed by atoms with Crippen molar-refractivity contribution in [2.45, 2.75) is 50.7 Å². The molecule has 1 heterocycles. The Kier molecular flexibility index (Phi) is 5.47. The first-order chi connectivity index (χ1) is 8.42. The minimum absolute atomic E-state index is 0.123. The molecule has 1 rings (SSSR count). The van der Waals surface area contributed by atoms with Gasteiger partial charge < -0.3 is 29.9 Å². The first-order valence-corrected chi connectivity index (χ1v) is 5.78. The van der Waals surface area contributed by atoms with E-state index in [4.69, 9.17) is 19.8 Å². The topological polar surface area (TPSA) is 123 Å². The van der Waals surface area contributed by atoms with Crippen molar-refractivity contribution < 1.29 is 29.9 Å². The van der Waals surface area contributed by atoms with Crippen molar-refractivity contribution in [2.75, 3.05) is 6.61 Å². The highest BCUT2D eigenvalue weighted by atomic mass is 16.7. The maximum Gasteiger partial charge on any atom is 0.188 e. The molecule has 0 aromatic carbocycles. The summed E-state index contributed by atoms with van der Waals surface area (Å²) in [5.41, 5.74) is 0. The zero-order chi connectivity index (χ0) is 13.9. The molecule has 0 unspecified atom stereocenters. The quantitative estimate of drug-likeness (QED) is 0.478. The van der Waals surface area contributed by atoms with E-state index in [1.165, 1.54) is 0 Å². The van der Waals surface area contributed by atoms with Crippen molar-refractivity contribution in [3.63, 3.8) is 0 Å². The molecule has 0 aromatic rings. The fourth-order valence-electron chi connectivity index (χ4n) is 1.66. The number of hydrogen-bond donors (Lipinski definition) is 4. The Labute approximate surface area is 105 Å². The normalized spacial score (nSPS) is 38.4. The molecule has 1 aliphatic heterocycles. The van der Waals surface area contributed by atoms with Crippen LogP contribution in [-0.2, 0) is 9.47 Å². The monoisotopic (exact) mass is 261 g/mol. The third-order valence-corrected chi connectivity index (χ3v) is 2.86. The molecule has 0 aliphatic carbocycles. The summed E-state index contributed by atoms with van der Waals surface area (Å²) >= 11 is 0. The number of hydrogen-bond acceptors (Lipinski definition) is 7. The van der Waals surface area contributed by atoms with Gasteiger partial charge in [0.15, 0.2) is 6.29 Å². The number of nitrogens with zero attached hydrogens (tertiary/aromatic N) is 1. The number of rotatable bonds is 4. The molecule has 1 saturated heterocycles. The van der Waals surface area contributed by atoms with Gasteiger partial charge in [0, 0.05) is 0 Å². The first kappa shape index (κ1) is 15.3. The van der Waals surface area contributed by atoms with E-state index in [2.05, 4.69) is 0 Å². The molecule has 1 fully saturated rings. The van der Waals surface area contributed by atoms with Crippen molar-refractivity contribution in [1.29, 1.82) is 5.26 Å². The van der Waals surface area contributed by atoms with Gasteiger partial charge in [0.05, 0.1) is 12.7 Å². The van der Waals surface area contributed by atoms with E-state index < -0.39 is 43.4 Å². The van der Waals surface area contributed by atoms with Gasteiger partial charge in [-0.15, -0.1) is 0 Å². The fraction of sp³-hybridized carbons (Fsp3) is 0.909. The maximum atomic E-state index is 9.70. The highest BCUT2D eigenvalue weighted by Gasteiger charge is 2.45. The molecule has 0 amide bonds. The molecule has 104 valence electrons. The Hall–Kier alpha value is -0.750. The minimum atomic E-state index is -1.49. The van der Waals surface area contributed by atoms with Crippen molar-refractivity contribution in [1.82, 2.24) is 0 Å². The van der Waals surface area contributed by atoms with Crippen LogP contribution in [0.4, 0.5) is 0 Å². The van der Waals surface area contributed by atoms with Crippen LogP contribution in [0.5, 0.6) is 0 Å². The average Bonchev–Trinajstić information content (AvgIpc) is 2.35. The molecule has 4 N–H and O–H groups in total. The van der Waals surface area contributed by atoms with Crippen LogP contribution in [0.2, 0.25) is 0 Å². The summed E-state index contributed by atoms with van der Waals surface area (Å²) in [4.78, 5) is 0. The molecule has 0 saturated carbocycles. The summed E-state index contributed by atoms with van der Waals surface area (Å²) in [7, 11) is 0. The van der Waals surface area contributed by atoms with E-state index in [0.29, 0.717) is 0 Å². The highest BCUT2D eigenvalue weighted by Crippen LogP contribution is 2.24. The Balaban J connectivity index is 2.73. The minimum Gasteiger partial charge on any atom is -0.394 e. The summed E-state index contributed by atoms with van der Waals surface area (Å²) in [5.74, 6) is -0.123. The Bertz CT molecular complexity index is 302. The van der Waals surface area contributed by atoms with Crippen molar-refractivity contribution in [3.05, 3.63) is 0 Å². The lowest BCUT2D eigenvalue weighted by atomic mass is 9.99. The van der Waals surface area contributed by atoms with Gasteiger partial charge in [0.25, 0.3) is 0 Å².